The SMILES string of the molecule is COc1cc(C(=O)NCC(=O)Nc2nc(-c3ccc(CNC(C)=O)cc3)cs2)cc(OC)c1OC. The van der Waals surface area contributed by atoms with Crippen molar-refractivity contribution >= 4 is 34.2 Å². The minimum atomic E-state index is -0.474. The van der Waals surface area contributed by atoms with E-state index in [4.69, 9.17) is 14.2 Å². The third-order valence-electron chi connectivity index (χ3n) is 4.88. The molecule has 3 amide bonds. The number of anilines is 1. The Morgan fingerprint density at radius 1 is 0.943 bits per heavy atom. The van der Waals surface area contributed by atoms with Crippen molar-refractivity contribution < 1.29 is 28.6 Å². The monoisotopic (exact) mass is 498 g/mol. The third-order valence-corrected chi connectivity index (χ3v) is 5.64. The number of benzene rings is 2. The molecule has 35 heavy (non-hydrogen) atoms. The standard InChI is InChI=1S/C24H26N4O6S/c1-14(29)25-11-15-5-7-16(8-6-15)18-13-35-24(27-18)28-21(30)12-26-23(31)17-9-19(32-2)22(34-4)20(10-17)33-3/h5-10,13H,11-12H2,1-4H3,(H,25,29)(H,26,31)(H,27,28,30). The smallest absolute Gasteiger partial charge is 0.251 e. The van der Waals surface area contributed by atoms with Crippen LogP contribution in [0.25, 0.3) is 11.3 Å². The number of carbonyl (C=O) groups is 3. The van der Waals surface area contributed by atoms with Crippen LogP contribution in [0.5, 0.6) is 17.2 Å². The predicted molar refractivity (Wildman–Crippen MR) is 132 cm³/mol. The zero-order valence-corrected chi connectivity index (χ0v) is 20.6. The number of aromatic nitrogens is 1. The van der Waals surface area contributed by atoms with E-state index in [-0.39, 0.29) is 18.0 Å². The molecular formula is C24H26N4O6S. The van der Waals surface area contributed by atoms with Crippen molar-refractivity contribution in [3.05, 3.63) is 52.9 Å². The second-order valence-corrected chi connectivity index (χ2v) is 8.15. The number of nitrogens with zero attached hydrogens (tertiary/aromatic N) is 1. The maximum absolute atomic E-state index is 12.6. The van der Waals surface area contributed by atoms with Crippen LogP contribution in [0.3, 0.4) is 0 Å². The van der Waals surface area contributed by atoms with Crippen LogP contribution in [0.1, 0.15) is 22.8 Å². The van der Waals surface area contributed by atoms with Crippen molar-refractivity contribution in [3.8, 4) is 28.5 Å². The summed E-state index contributed by atoms with van der Waals surface area (Å²) >= 11 is 1.28. The van der Waals surface area contributed by atoms with Gasteiger partial charge in [0.25, 0.3) is 5.91 Å². The van der Waals surface area contributed by atoms with Gasteiger partial charge in [-0.05, 0) is 17.7 Å². The summed E-state index contributed by atoms with van der Waals surface area (Å²) in [7, 11) is 4.38. The summed E-state index contributed by atoms with van der Waals surface area (Å²) in [5.74, 6) is 0.0515. The van der Waals surface area contributed by atoms with E-state index >= 15 is 0 Å². The minimum Gasteiger partial charge on any atom is -0.493 e. The molecule has 1 heterocycles. The van der Waals surface area contributed by atoms with E-state index in [0.29, 0.717) is 34.6 Å². The highest BCUT2D eigenvalue weighted by Crippen LogP contribution is 2.38. The Bertz CT molecular complexity index is 1180. The first kappa shape index (κ1) is 25.5. The van der Waals surface area contributed by atoms with Crippen LogP contribution in [0, 0.1) is 0 Å². The first-order valence-electron chi connectivity index (χ1n) is 10.5. The Kier molecular flexibility index (Phi) is 8.63. The molecule has 184 valence electrons. The normalized spacial score (nSPS) is 10.3. The summed E-state index contributed by atoms with van der Waals surface area (Å²) in [4.78, 5) is 40.4. The molecule has 0 saturated heterocycles. The molecule has 3 rings (SSSR count). The van der Waals surface area contributed by atoms with Crippen LogP contribution >= 0.6 is 11.3 Å². The van der Waals surface area contributed by atoms with Crippen LogP contribution in [0.2, 0.25) is 0 Å². The van der Waals surface area contributed by atoms with Crippen LogP contribution in [-0.2, 0) is 16.1 Å². The van der Waals surface area contributed by atoms with Crippen molar-refractivity contribution in [3.63, 3.8) is 0 Å². The van der Waals surface area contributed by atoms with Gasteiger partial charge in [0.2, 0.25) is 17.6 Å². The fourth-order valence-electron chi connectivity index (χ4n) is 3.12. The zero-order valence-electron chi connectivity index (χ0n) is 19.8. The van der Waals surface area contributed by atoms with Gasteiger partial charge in [0.1, 0.15) is 0 Å². The number of hydrogen-bond donors (Lipinski definition) is 3. The summed E-state index contributed by atoms with van der Waals surface area (Å²) < 4.78 is 15.8. The van der Waals surface area contributed by atoms with Gasteiger partial charge in [0.15, 0.2) is 16.6 Å². The molecule has 0 unspecified atom stereocenters. The zero-order chi connectivity index (χ0) is 25.4. The van der Waals surface area contributed by atoms with Gasteiger partial charge in [-0.1, -0.05) is 24.3 Å². The molecule has 0 spiro atoms. The number of ether oxygens (including phenoxy) is 3. The molecule has 3 N–H and O–H groups in total. The van der Waals surface area contributed by atoms with Gasteiger partial charge in [0, 0.05) is 30.0 Å². The molecule has 0 atom stereocenters. The van der Waals surface area contributed by atoms with E-state index in [0.717, 1.165) is 11.1 Å². The molecule has 2 aromatic carbocycles. The van der Waals surface area contributed by atoms with Crippen molar-refractivity contribution in [2.45, 2.75) is 13.5 Å². The highest BCUT2D eigenvalue weighted by molar-refractivity contribution is 7.14. The first-order valence-corrected chi connectivity index (χ1v) is 11.4. The predicted octanol–water partition coefficient (Wildman–Crippen LogP) is 2.84. The molecule has 0 radical (unpaired) electrons. The third kappa shape index (κ3) is 6.70. The number of carbonyl (C=O) groups excluding carboxylic acids is 3. The maximum Gasteiger partial charge on any atom is 0.251 e. The fraction of sp³-hybridized carbons (Fsp3) is 0.250. The number of nitrogens with one attached hydrogen (secondary N) is 3. The van der Waals surface area contributed by atoms with Gasteiger partial charge in [-0.2, -0.15) is 0 Å². The lowest BCUT2D eigenvalue weighted by Crippen LogP contribution is -2.32. The average Bonchev–Trinajstić information content (AvgIpc) is 3.33. The first-order chi connectivity index (χ1) is 16.8. The average molecular weight is 499 g/mol. The van der Waals surface area contributed by atoms with E-state index in [9.17, 15) is 14.4 Å². The molecule has 1 aromatic heterocycles. The van der Waals surface area contributed by atoms with Crippen LogP contribution in [-0.4, -0.2) is 50.6 Å². The maximum atomic E-state index is 12.6. The van der Waals surface area contributed by atoms with Crippen molar-refractivity contribution in [2.24, 2.45) is 0 Å². The Morgan fingerprint density at radius 2 is 1.60 bits per heavy atom. The van der Waals surface area contributed by atoms with Crippen LogP contribution in [0.15, 0.2) is 41.8 Å². The second-order valence-electron chi connectivity index (χ2n) is 7.29. The lowest BCUT2D eigenvalue weighted by molar-refractivity contribution is -0.119. The van der Waals surface area contributed by atoms with Gasteiger partial charge < -0.3 is 30.2 Å². The highest BCUT2D eigenvalue weighted by Gasteiger charge is 2.18. The minimum absolute atomic E-state index is 0.0893. The Balaban J connectivity index is 1.57. The topological polar surface area (TPSA) is 128 Å². The second kappa shape index (κ2) is 11.8. The van der Waals surface area contributed by atoms with Crippen LogP contribution in [0.4, 0.5) is 5.13 Å². The van der Waals surface area contributed by atoms with Crippen molar-refractivity contribution in [1.29, 1.82) is 0 Å². The molecule has 0 saturated carbocycles. The van der Waals surface area contributed by atoms with Crippen molar-refractivity contribution in [2.75, 3.05) is 33.2 Å². The molecule has 0 fully saturated rings. The van der Waals surface area contributed by atoms with E-state index < -0.39 is 11.8 Å². The van der Waals surface area contributed by atoms with Crippen LogP contribution < -0.4 is 30.2 Å². The number of rotatable bonds is 10. The summed E-state index contributed by atoms with van der Waals surface area (Å²) in [6.07, 6.45) is 0. The molecule has 11 heteroatoms. The van der Waals surface area contributed by atoms with Crippen molar-refractivity contribution in [1.82, 2.24) is 15.6 Å². The lowest BCUT2D eigenvalue weighted by atomic mass is 10.1. The molecule has 10 nitrogen and oxygen atoms in total. The number of methoxy groups -OCH3 is 3. The van der Waals surface area contributed by atoms with E-state index in [1.54, 1.807) is 0 Å². The molecule has 0 aliphatic heterocycles. The number of amides is 3. The quantitative estimate of drug-likeness (QED) is 0.392. The van der Waals surface area contributed by atoms with E-state index in [2.05, 4.69) is 20.9 Å². The Labute approximate surface area is 206 Å². The number of hydrogen-bond acceptors (Lipinski definition) is 8. The fourth-order valence-corrected chi connectivity index (χ4v) is 3.86. The van der Waals surface area contributed by atoms with Gasteiger partial charge >= 0.3 is 0 Å². The summed E-state index contributed by atoms with van der Waals surface area (Å²) in [5, 5.41) is 10.2. The van der Waals surface area contributed by atoms with Gasteiger partial charge in [-0.3, -0.25) is 14.4 Å². The molecule has 0 aliphatic rings. The Hall–Kier alpha value is -4.12. The van der Waals surface area contributed by atoms with Gasteiger partial charge in [-0.25, -0.2) is 4.98 Å². The summed E-state index contributed by atoms with van der Waals surface area (Å²) in [5.41, 5.74) is 2.81. The van der Waals surface area contributed by atoms with E-state index in [1.807, 2.05) is 29.6 Å². The lowest BCUT2D eigenvalue weighted by Gasteiger charge is -2.14. The van der Waals surface area contributed by atoms with Gasteiger partial charge in [0.05, 0.1) is 33.6 Å². The largest absolute Gasteiger partial charge is 0.493 e. The molecule has 0 bridgehead atoms. The molecule has 0 aliphatic carbocycles. The summed E-state index contributed by atoms with van der Waals surface area (Å²) in [6, 6.07) is 10.6. The molecule has 3 aromatic rings. The number of thiazole rings is 1. The van der Waals surface area contributed by atoms with Gasteiger partial charge in [-0.15, -0.1) is 11.3 Å². The Morgan fingerprint density at radius 3 is 2.17 bits per heavy atom. The summed E-state index contributed by atoms with van der Waals surface area (Å²) in [6.45, 7) is 1.68. The van der Waals surface area contributed by atoms with E-state index in [1.165, 1.54) is 51.7 Å². The molecular weight excluding hydrogens is 472 g/mol. The highest BCUT2D eigenvalue weighted by atomic mass is 32.1.